The third-order valence-electron chi connectivity index (χ3n) is 7.53. The summed E-state index contributed by atoms with van der Waals surface area (Å²) >= 11 is 0. The van der Waals surface area contributed by atoms with Gasteiger partial charge in [0.15, 0.2) is 6.29 Å². The number of piperazine rings is 1. The molecule has 0 spiro atoms. The number of carbonyl (C=O) groups excluding carboxylic acids is 1. The first-order valence-corrected chi connectivity index (χ1v) is 12.3. The summed E-state index contributed by atoms with van der Waals surface area (Å²) < 4.78 is 17.5. The summed E-state index contributed by atoms with van der Waals surface area (Å²) in [5.41, 5.74) is 1.08. The Kier molecular flexibility index (Phi) is 6.91. The van der Waals surface area contributed by atoms with Crippen LogP contribution in [-0.4, -0.2) is 92.6 Å². The van der Waals surface area contributed by atoms with E-state index in [0.29, 0.717) is 6.61 Å². The van der Waals surface area contributed by atoms with Crippen LogP contribution in [0.5, 0.6) is 5.75 Å². The smallest absolute Gasteiger partial charge is 0.315 e. The van der Waals surface area contributed by atoms with E-state index in [1.54, 1.807) is 7.11 Å². The number of carbonyl (C=O) groups is 1. The highest BCUT2D eigenvalue weighted by Gasteiger charge is 2.53. The van der Waals surface area contributed by atoms with Crippen molar-refractivity contribution in [2.45, 2.75) is 68.7 Å². The standard InChI is InChI=1S/C24H36N4O5/c1-31-18-10-6-5-9-17(18)27-11-13-28(14-12-27)21-22(29)20(19-15-32-23(21)33-19)26-24(30)25-16-7-3-2-4-8-16/h5-6,9-10,16,19-23,29H,2-4,7-8,11-15H2,1H3,(H2,25,26,30)/t19-,20-,21-,22+,23-/m1/s1. The van der Waals surface area contributed by atoms with E-state index in [0.717, 1.165) is 63.3 Å². The van der Waals surface area contributed by atoms with Crippen molar-refractivity contribution < 1.29 is 24.1 Å². The highest BCUT2D eigenvalue weighted by atomic mass is 16.7. The number of benzene rings is 1. The van der Waals surface area contributed by atoms with E-state index in [4.69, 9.17) is 14.2 Å². The first-order chi connectivity index (χ1) is 16.1. The topological polar surface area (TPSA) is 95.5 Å². The fraction of sp³-hybridized carbons (Fsp3) is 0.708. The van der Waals surface area contributed by atoms with Gasteiger partial charge in [0.1, 0.15) is 11.9 Å². The van der Waals surface area contributed by atoms with Gasteiger partial charge in [0.2, 0.25) is 0 Å². The lowest BCUT2D eigenvalue weighted by Gasteiger charge is -2.47. The molecule has 4 fully saturated rings. The molecule has 33 heavy (non-hydrogen) atoms. The van der Waals surface area contributed by atoms with Gasteiger partial charge in [0.25, 0.3) is 0 Å². The van der Waals surface area contributed by atoms with Crippen molar-refractivity contribution in [2.75, 3.05) is 44.8 Å². The number of hydrogen-bond donors (Lipinski definition) is 3. The van der Waals surface area contributed by atoms with Gasteiger partial charge >= 0.3 is 6.03 Å². The van der Waals surface area contributed by atoms with Crippen LogP contribution in [-0.2, 0) is 9.47 Å². The van der Waals surface area contributed by atoms with E-state index in [2.05, 4.69) is 26.5 Å². The molecule has 1 aliphatic carbocycles. The number of ether oxygens (including phenoxy) is 3. The van der Waals surface area contributed by atoms with Crippen molar-refractivity contribution in [3.05, 3.63) is 24.3 Å². The number of nitrogens with zero attached hydrogens (tertiary/aromatic N) is 2. The van der Waals surface area contributed by atoms with Crippen LogP contribution in [0.1, 0.15) is 32.1 Å². The van der Waals surface area contributed by atoms with E-state index in [-0.39, 0.29) is 24.2 Å². The number of aliphatic hydroxyl groups excluding tert-OH is 1. The van der Waals surface area contributed by atoms with Gasteiger partial charge in [0.05, 0.1) is 37.6 Å². The molecule has 2 bridgehead atoms. The highest BCUT2D eigenvalue weighted by molar-refractivity contribution is 5.74. The molecule has 9 heteroatoms. The number of anilines is 1. The molecule has 3 N–H and O–H groups in total. The largest absolute Gasteiger partial charge is 0.495 e. The van der Waals surface area contributed by atoms with Gasteiger partial charge in [-0.25, -0.2) is 4.79 Å². The quantitative estimate of drug-likeness (QED) is 0.610. The first-order valence-electron chi connectivity index (χ1n) is 12.3. The summed E-state index contributed by atoms with van der Waals surface area (Å²) in [5, 5.41) is 17.4. The van der Waals surface area contributed by atoms with E-state index in [9.17, 15) is 9.90 Å². The Morgan fingerprint density at radius 1 is 1.09 bits per heavy atom. The van der Waals surface area contributed by atoms with Crippen LogP contribution in [0.3, 0.4) is 0 Å². The number of fused-ring (bicyclic) bond motifs is 2. The van der Waals surface area contributed by atoms with Gasteiger partial charge < -0.3 is 34.9 Å². The fourth-order valence-electron chi connectivity index (χ4n) is 5.75. The highest BCUT2D eigenvalue weighted by Crippen LogP contribution is 2.33. The second kappa shape index (κ2) is 10.0. The molecule has 0 unspecified atom stereocenters. The second-order valence-corrected chi connectivity index (χ2v) is 9.53. The summed E-state index contributed by atoms with van der Waals surface area (Å²) in [5.74, 6) is 0.863. The maximum absolute atomic E-state index is 12.7. The molecule has 5 rings (SSSR count). The summed E-state index contributed by atoms with van der Waals surface area (Å²) in [4.78, 5) is 17.2. The number of aliphatic hydroxyl groups is 1. The van der Waals surface area contributed by atoms with Crippen LogP contribution in [0.15, 0.2) is 24.3 Å². The summed E-state index contributed by atoms with van der Waals surface area (Å²) in [7, 11) is 1.69. The first kappa shape index (κ1) is 22.7. The molecule has 3 saturated heterocycles. The lowest BCUT2D eigenvalue weighted by Crippen LogP contribution is -2.68. The van der Waals surface area contributed by atoms with Gasteiger partial charge in [-0.05, 0) is 25.0 Å². The number of methoxy groups -OCH3 is 1. The maximum Gasteiger partial charge on any atom is 0.315 e. The van der Waals surface area contributed by atoms with Gasteiger partial charge in [-0.3, -0.25) is 4.90 Å². The fourth-order valence-corrected chi connectivity index (χ4v) is 5.75. The van der Waals surface area contributed by atoms with Crippen LogP contribution in [0, 0.1) is 0 Å². The van der Waals surface area contributed by atoms with Crippen LogP contribution < -0.4 is 20.3 Å². The summed E-state index contributed by atoms with van der Waals surface area (Å²) in [6.45, 7) is 3.51. The molecular weight excluding hydrogens is 424 g/mol. The molecule has 0 aromatic heterocycles. The molecule has 3 heterocycles. The number of para-hydroxylation sites is 2. The monoisotopic (exact) mass is 460 g/mol. The molecule has 0 radical (unpaired) electrons. The normalized spacial score (nSPS) is 33.0. The molecule has 4 aliphatic rings. The summed E-state index contributed by atoms with van der Waals surface area (Å²) in [6.07, 6.45) is 4.03. The zero-order valence-electron chi connectivity index (χ0n) is 19.3. The Bertz CT molecular complexity index is 812. The number of hydrogen-bond acceptors (Lipinski definition) is 7. The van der Waals surface area contributed by atoms with Crippen LogP contribution in [0.25, 0.3) is 0 Å². The molecule has 1 aromatic rings. The zero-order chi connectivity index (χ0) is 22.8. The molecule has 1 saturated carbocycles. The minimum absolute atomic E-state index is 0.215. The van der Waals surface area contributed by atoms with Crippen molar-refractivity contribution in [3.63, 3.8) is 0 Å². The van der Waals surface area contributed by atoms with Crippen molar-refractivity contribution in [1.29, 1.82) is 0 Å². The van der Waals surface area contributed by atoms with Crippen molar-refractivity contribution in [2.24, 2.45) is 0 Å². The van der Waals surface area contributed by atoms with Crippen LogP contribution in [0.2, 0.25) is 0 Å². The minimum atomic E-state index is -0.758. The average molecular weight is 461 g/mol. The lowest BCUT2D eigenvalue weighted by molar-refractivity contribution is -0.181. The molecule has 1 aromatic carbocycles. The van der Waals surface area contributed by atoms with Crippen molar-refractivity contribution in [1.82, 2.24) is 15.5 Å². The molecule has 9 nitrogen and oxygen atoms in total. The van der Waals surface area contributed by atoms with E-state index in [1.807, 2.05) is 18.2 Å². The number of nitrogens with one attached hydrogen (secondary N) is 2. The van der Waals surface area contributed by atoms with Gasteiger partial charge in [-0.1, -0.05) is 31.4 Å². The van der Waals surface area contributed by atoms with E-state index in [1.165, 1.54) is 6.42 Å². The van der Waals surface area contributed by atoms with Crippen molar-refractivity contribution in [3.8, 4) is 5.75 Å². The zero-order valence-corrected chi connectivity index (χ0v) is 19.3. The van der Waals surface area contributed by atoms with Gasteiger partial charge in [0, 0.05) is 32.2 Å². The Morgan fingerprint density at radius 3 is 2.61 bits per heavy atom. The average Bonchev–Trinajstić information content (AvgIpc) is 3.28. The molecule has 3 aliphatic heterocycles. The Balaban J connectivity index is 1.21. The third-order valence-corrected chi connectivity index (χ3v) is 7.53. The van der Waals surface area contributed by atoms with Gasteiger partial charge in [-0.15, -0.1) is 0 Å². The van der Waals surface area contributed by atoms with E-state index < -0.39 is 18.4 Å². The molecule has 5 atom stereocenters. The molecule has 182 valence electrons. The predicted molar refractivity (Wildman–Crippen MR) is 124 cm³/mol. The minimum Gasteiger partial charge on any atom is -0.495 e. The summed E-state index contributed by atoms with van der Waals surface area (Å²) in [6, 6.07) is 7.22. The predicted octanol–water partition coefficient (Wildman–Crippen LogP) is 1.30. The third kappa shape index (κ3) is 4.77. The van der Waals surface area contributed by atoms with Gasteiger partial charge in [-0.2, -0.15) is 0 Å². The lowest BCUT2D eigenvalue weighted by atomic mass is 9.94. The van der Waals surface area contributed by atoms with Crippen LogP contribution in [0.4, 0.5) is 10.5 Å². The van der Waals surface area contributed by atoms with Crippen LogP contribution >= 0.6 is 0 Å². The Hall–Kier alpha value is -2.07. The maximum atomic E-state index is 12.7. The number of urea groups is 1. The number of rotatable bonds is 5. The Morgan fingerprint density at radius 2 is 1.85 bits per heavy atom. The SMILES string of the molecule is COc1ccccc1N1CCN([C@H]2[C@@H]3OC[C@@H](O3)[C@@H](NC(=O)NC3CCCCC3)[C@@H]2O)CC1. The number of amides is 2. The Labute approximate surface area is 195 Å². The second-order valence-electron chi connectivity index (χ2n) is 9.53. The molecule has 2 amide bonds. The molecular formula is C24H36N4O5. The van der Waals surface area contributed by atoms with Crippen molar-refractivity contribution >= 4 is 11.7 Å². The van der Waals surface area contributed by atoms with E-state index >= 15 is 0 Å².